The van der Waals surface area contributed by atoms with Crippen LogP contribution in [0, 0.1) is 5.92 Å². The lowest BCUT2D eigenvalue weighted by Crippen LogP contribution is -2.48. The summed E-state index contributed by atoms with van der Waals surface area (Å²) in [5.74, 6) is -0.804. The Hall–Kier alpha value is -0.570. The van der Waals surface area contributed by atoms with Gasteiger partial charge in [0.05, 0.1) is 5.92 Å². The molecule has 1 rings (SSSR count). The summed E-state index contributed by atoms with van der Waals surface area (Å²) in [6, 6.07) is 0. The van der Waals surface area contributed by atoms with Crippen molar-refractivity contribution in [2.24, 2.45) is 5.92 Å². The minimum absolute atomic E-state index is 0.105. The van der Waals surface area contributed by atoms with E-state index in [1.807, 2.05) is 0 Å². The number of likely N-dealkylation sites (tertiary alicyclic amines) is 1. The summed E-state index contributed by atoms with van der Waals surface area (Å²) in [5, 5.41) is 8.90. The van der Waals surface area contributed by atoms with Gasteiger partial charge in [0.15, 0.2) is 0 Å². The third kappa shape index (κ3) is 2.69. The molecule has 1 fully saturated rings. The van der Waals surface area contributed by atoms with E-state index in [9.17, 15) is 4.79 Å². The van der Waals surface area contributed by atoms with Crippen molar-refractivity contribution in [1.82, 2.24) is 4.90 Å². The summed E-state index contributed by atoms with van der Waals surface area (Å²) in [6.45, 7) is 8.15. The number of carboxylic acid groups (broad SMARTS) is 1. The van der Waals surface area contributed by atoms with Gasteiger partial charge in [0.2, 0.25) is 0 Å². The van der Waals surface area contributed by atoms with E-state index in [0.717, 1.165) is 19.4 Å². The first kappa shape index (κ1) is 10.5. The van der Waals surface area contributed by atoms with Crippen LogP contribution >= 0.6 is 0 Å². The van der Waals surface area contributed by atoms with E-state index in [-0.39, 0.29) is 11.5 Å². The zero-order valence-corrected chi connectivity index (χ0v) is 8.71. The molecule has 0 aromatic rings. The summed E-state index contributed by atoms with van der Waals surface area (Å²) in [5.41, 5.74) is 0.105. The molecule has 1 aliphatic rings. The van der Waals surface area contributed by atoms with E-state index in [0.29, 0.717) is 6.54 Å². The quantitative estimate of drug-likeness (QED) is 0.674. The second-order valence-corrected chi connectivity index (χ2v) is 4.79. The van der Waals surface area contributed by atoms with Crippen LogP contribution in [0.1, 0.15) is 33.6 Å². The summed E-state index contributed by atoms with van der Waals surface area (Å²) in [6.07, 6.45) is 1.84. The normalized spacial score (nSPS) is 25.9. The average Bonchev–Trinajstić information content (AvgIpc) is 2.03. The number of nitrogens with zero attached hydrogens (tertiary/aromatic N) is 1. The van der Waals surface area contributed by atoms with Crippen LogP contribution in [0.5, 0.6) is 0 Å². The molecule has 0 aliphatic carbocycles. The van der Waals surface area contributed by atoms with E-state index in [1.165, 1.54) is 0 Å². The maximum Gasteiger partial charge on any atom is 0.307 e. The summed E-state index contributed by atoms with van der Waals surface area (Å²) in [4.78, 5) is 13.1. The number of rotatable bonds is 1. The van der Waals surface area contributed by atoms with Crippen molar-refractivity contribution < 1.29 is 9.90 Å². The third-order valence-electron chi connectivity index (χ3n) is 2.72. The summed E-state index contributed by atoms with van der Waals surface area (Å²) < 4.78 is 0. The van der Waals surface area contributed by atoms with Crippen LogP contribution in [0.2, 0.25) is 0 Å². The number of hydrogen-bond donors (Lipinski definition) is 1. The molecule has 3 nitrogen and oxygen atoms in total. The molecular formula is C10H19NO2. The van der Waals surface area contributed by atoms with Crippen molar-refractivity contribution in [1.29, 1.82) is 0 Å². The van der Waals surface area contributed by atoms with E-state index < -0.39 is 5.97 Å². The Balaban J connectivity index is 2.57. The molecule has 1 aliphatic heterocycles. The maximum absolute atomic E-state index is 10.8. The summed E-state index contributed by atoms with van der Waals surface area (Å²) >= 11 is 0. The molecule has 0 aromatic heterocycles. The molecule has 0 saturated carbocycles. The van der Waals surface area contributed by atoms with Gasteiger partial charge in [0, 0.05) is 12.1 Å². The Bertz CT molecular complexity index is 196. The lowest BCUT2D eigenvalue weighted by molar-refractivity contribution is -0.144. The fourth-order valence-electron chi connectivity index (χ4n) is 1.79. The van der Waals surface area contributed by atoms with Crippen LogP contribution in [0.25, 0.3) is 0 Å². The zero-order valence-electron chi connectivity index (χ0n) is 8.71. The highest BCUT2D eigenvalue weighted by Crippen LogP contribution is 2.23. The number of carboxylic acids is 1. The lowest BCUT2D eigenvalue weighted by Gasteiger charge is -2.40. The predicted octanol–water partition coefficient (Wildman–Crippen LogP) is 1.58. The van der Waals surface area contributed by atoms with Crippen molar-refractivity contribution in [3.05, 3.63) is 0 Å². The van der Waals surface area contributed by atoms with Crippen LogP contribution in [-0.4, -0.2) is 34.6 Å². The molecule has 13 heavy (non-hydrogen) atoms. The van der Waals surface area contributed by atoms with E-state index in [1.54, 1.807) is 0 Å². The molecule has 0 spiro atoms. The third-order valence-corrected chi connectivity index (χ3v) is 2.72. The topological polar surface area (TPSA) is 40.5 Å². The SMILES string of the molecule is CC(C)(C)N1CCCC(C(=O)O)C1. The van der Waals surface area contributed by atoms with Crippen LogP contribution in [-0.2, 0) is 4.79 Å². The smallest absolute Gasteiger partial charge is 0.307 e. The van der Waals surface area contributed by atoms with Crippen LogP contribution in [0.4, 0.5) is 0 Å². The monoisotopic (exact) mass is 185 g/mol. The second kappa shape index (κ2) is 3.66. The van der Waals surface area contributed by atoms with Gasteiger partial charge in [-0.25, -0.2) is 0 Å². The van der Waals surface area contributed by atoms with Gasteiger partial charge < -0.3 is 5.11 Å². The molecule has 0 bridgehead atoms. The maximum atomic E-state index is 10.8. The Morgan fingerprint density at radius 2 is 2.08 bits per heavy atom. The fraction of sp³-hybridized carbons (Fsp3) is 0.900. The number of carbonyl (C=O) groups is 1. The molecule has 1 heterocycles. The molecule has 1 N–H and O–H groups in total. The van der Waals surface area contributed by atoms with Crippen molar-refractivity contribution >= 4 is 5.97 Å². The largest absolute Gasteiger partial charge is 0.481 e. The van der Waals surface area contributed by atoms with Crippen molar-refractivity contribution in [2.45, 2.75) is 39.2 Å². The van der Waals surface area contributed by atoms with Crippen LogP contribution in [0.3, 0.4) is 0 Å². The molecule has 1 unspecified atom stereocenters. The predicted molar refractivity (Wildman–Crippen MR) is 51.7 cm³/mol. The number of aliphatic carboxylic acids is 1. The van der Waals surface area contributed by atoms with E-state index in [4.69, 9.17) is 5.11 Å². The van der Waals surface area contributed by atoms with Gasteiger partial charge in [0.25, 0.3) is 0 Å². The second-order valence-electron chi connectivity index (χ2n) is 4.79. The molecule has 1 atom stereocenters. The van der Waals surface area contributed by atoms with Gasteiger partial charge in [-0.1, -0.05) is 0 Å². The highest BCUT2D eigenvalue weighted by molar-refractivity contribution is 5.70. The van der Waals surface area contributed by atoms with E-state index in [2.05, 4.69) is 25.7 Å². The first-order chi connectivity index (χ1) is 5.91. The highest BCUT2D eigenvalue weighted by atomic mass is 16.4. The van der Waals surface area contributed by atoms with Gasteiger partial charge in [-0.15, -0.1) is 0 Å². The number of piperidine rings is 1. The Labute approximate surface area is 79.7 Å². The van der Waals surface area contributed by atoms with Crippen molar-refractivity contribution in [2.75, 3.05) is 13.1 Å². The summed E-state index contributed by atoms with van der Waals surface area (Å²) in [7, 11) is 0. The first-order valence-corrected chi connectivity index (χ1v) is 4.89. The Morgan fingerprint density at radius 3 is 2.54 bits per heavy atom. The molecule has 0 amide bonds. The Kier molecular flexibility index (Phi) is 2.96. The lowest BCUT2D eigenvalue weighted by atomic mass is 9.94. The van der Waals surface area contributed by atoms with Crippen molar-refractivity contribution in [3.8, 4) is 0 Å². The van der Waals surface area contributed by atoms with Gasteiger partial charge in [-0.2, -0.15) is 0 Å². The molecule has 3 heteroatoms. The molecule has 1 saturated heterocycles. The first-order valence-electron chi connectivity index (χ1n) is 4.89. The minimum Gasteiger partial charge on any atom is -0.481 e. The van der Waals surface area contributed by atoms with Gasteiger partial charge in [-0.05, 0) is 40.2 Å². The highest BCUT2D eigenvalue weighted by Gasteiger charge is 2.30. The minimum atomic E-state index is -0.644. The van der Waals surface area contributed by atoms with Crippen molar-refractivity contribution in [3.63, 3.8) is 0 Å². The zero-order chi connectivity index (χ0) is 10.1. The van der Waals surface area contributed by atoms with Crippen LogP contribution < -0.4 is 0 Å². The van der Waals surface area contributed by atoms with Crippen LogP contribution in [0.15, 0.2) is 0 Å². The molecule has 76 valence electrons. The molecular weight excluding hydrogens is 166 g/mol. The standard InChI is InChI=1S/C10H19NO2/c1-10(2,3)11-6-4-5-8(7-11)9(12)13/h8H,4-7H2,1-3H3,(H,12,13). The molecule has 0 aromatic carbocycles. The van der Waals surface area contributed by atoms with Gasteiger partial charge in [-0.3, -0.25) is 9.69 Å². The number of hydrogen-bond acceptors (Lipinski definition) is 2. The van der Waals surface area contributed by atoms with E-state index >= 15 is 0 Å². The fourth-order valence-corrected chi connectivity index (χ4v) is 1.79. The van der Waals surface area contributed by atoms with Gasteiger partial charge in [0.1, 0.15) is 0 Å². The Morgan fingerprint density at radius 1 is 1.46 bits per heavy atom. The average molecular weight is 185 g/mol. The molecule has 0 radical (unpaired) electrons. The van der Waals surface area contributed by atoms with Gasteiger partial charge >= 0.3 is 5.97 Å².